The van der Waals surface area contributed by atoms with E-state index in [1.54, 1.807) is 12.1 Å². The molecule has 0 bridgehead atoms. The van der Waals surface area contributed by atoms with Gasteiger partial charge in [-0.2, -0.15) is 0 Å². The van der Waals surface area contributed by atoms with Gasteiger partial charge in [0.1, 0.15) is 0 Å². The van der Waals surface area contributed by atoms with Crippen molar-refractivity contribution in [2.75, 3.05) is 0 Å². The molecule has 0 unspecified atom stereocenters. The van der Waals surface area contributed by atoms with Gasteiger partial charge in [0.05, 0.1) is 0 Å². The summed E-state index contributed by atoms with van der Waals surface area (Å²) in [7, 11) is 0. The molecule has 0 heterocycles. The van der Waals surface area contributed by atoms with Crippen LogP contribution >= 0.6 is 0 Å². The van der Waals surface area contributed by atoms with E-state index in [4.69, 9.17) is 3.07 Å². The van der Waals surface area contributed by atoms with Gasteiger partial charge in [-0.3, -0.25) is 0 Å². The van der Waals surface area contributed by atoms with E-state index < -0.39 is 24.4 Å². The van der Waals surface area contributed by atoms with Crippen LogP contribution in [0.1, 0.15) is 83.5 Å². The zero-order valence-electron chi connectivity index (χ0n) is 17.4. The summed E-state index contributed by atoms with van der Waals surface area (Å²) in [5.74, 6) is 0.665. The summed E-state index contributed by atoms with van der Waals surface area (Å²) in [5.41, 5.74) is -0.796. The van der Waals surface area contributed by atoms with Crippen molar-refractivity contribution < 1.29 is 13.0 Å². The van der Waals surface area contributed by atoms with Gasteiger partial charge in [0.2, 0.25) is 0 Å². The van der Waals surface area contributed by atoms with Crippen molar-refractivity contribution in [3.05, 3.63) is 29.8 Å². The molecule has 0 saturated heterocycles. The molecule has 0 radical (unpaired) electrons. The van der Waals surface area contributed by atoms with Gasteiger partial charge in [0.15, 0.2) is 0 Å². The summed E-state index contributed by atoms with van der Waals surface area (Å²) >= 11 is -2.69. The molecule has 148 valence electrons. The molecule has 0 aliphatic carbocycles. The number of carbonyl (C=O) groups excluding carboxylic acids is 1. The molecule has 0 aromatic heterocycles. The Hall–Kier alpha value is -0.551. The second kappa shape index (κ2) is 11.3. The van der Waals surface area contributed by atoms with Gasteiger partial charge in [-0.15, -0.1) is 0 Å². The molecule has 26 heavy (non-hydrogen) atoms. The SMILES string of the molecule is CCC[CH2][Sn]([CH2]CCC)([CH2]CCC)[O]c1ccc(C(=O)C(C)(C)O)cc1. The number of rotatable bonds is 13. The van der Waals surface area contributed by atoms with Crippen LogP contribution < -0.4 is 3.07 Å². The molecule has 0 spiro atoms. The Balaban J connectivity index is 2.98. The molecule has 1 aromatic carbocycles. The number of carbonyl (C=O) groups is 1. The van der Waals surface area contributed by atoms with Crippen LogP contribution in [0.5, 0.6) is 5.75 Å². The first kappa shape index (κ1) is 23.5. The second-order valence-electron chi connectivity index (χ2n) is 8.01. The van der Waals surface area contributed by atoms with Crippen LogP contribution in [0.25, 0.3) is 0 Å². The van der Waals surface area contributed by atoms with E-state index >= 15 is 0 Å². The number of Topliss-reactive ketones (excluding diaryl/α,β-unsaturated/α-hetero) is 1. The summed E-state index contributed by atoms with van der Waals surface area (Å²) in [6, 6.07) is 7.44. The Kier molecular flexibility index (Phi) is 10.2. The maximum absolute atomic E-state index is 12.2. The Bertz CT molecular complexity index is 510. The minimum atomic E-state index is -2.69. The maximum atomic E-state index is 12.2. The second-order valence-corrected chi connectivity index (χ2v) is 19.6. The Morgan fingerprint density at radius 2 is 1.35 bits per heavy atom. The van der Waals surface area contributed by atoms with E-state index in [-0.39, 0.29) is 5.78 Å². The van der Waals surface area contributed by atoms with Crippen molar-refractivity contribution in [3.8, 4) is 5.75 Å². The van der Waals surface area contributed by atoms with Crippen LogP contribution in [0, 0.1) is 0 Å². The van der Waals surface area contributed by atoms with Gasteiger partial charge < -0.3 is 0 Å². The third-order valence-corrected chi connectivity index (χ3v) is 17.7. The topological polar surface area (TPSA) is 46.5 Å². The average Bonchev–Trinajstić information content (AvgIpc) is 2.62. The molecular formula is C22H38O3Sn. The number of unbranched alkanes of at least 4 members (excludes halogenated alkanes) is 3. The first-order chi connectivity index (χ1) is 12.3. The number of ketones is 1. The van der Waals surface area contributed by atoms with Crippen LogP contribution in [-0.2, 0) is 0 Å². The van der Waals surface area contributed by atoms with Gasteiger partial charge in [-0.25, -0.2) is 0 Å². The summed E-state index contributed by atoms with van der Waals surface area (Å²) in [5, 5.41) is 9.92. The van der Waals surface area contributed by atoms with Crippen molar-refractivity contribution in [1.82, 2.24) is 0 Å². The monoisotopic (exact) mass is 470 g/mol. The van der Waals surface area contributed by atoms with Crippen molar-refractivity contribution in [2.24, 2.45) is 0 Å². The molecule has 0 fully saturated rings. The normalized spacial score (nSPS) is 12.2. The predicted molar refractivity (Wildman–Crippen MR) is 113 cm³/mol. The van der Waals surface area contributed by atoms with E-state index in [2.05, 4.69) is 20.8 Å². The fraction of sp³-hybridized carbons (Fsp3) is 0.682. The van der Waals surface area contributed by atoms with Crippen molar-refractivity contribution in [1.29, 1.82) is 0 Å². The van der Waals surface area contributed by atoms with Crippen LogP contribution in [0.15, 0.2) is 24.3 Å². The minimum absolute atomic E-state index is 0.248. The first-order valence-electron chi connectivity index (χ1n) is 10.3. The number of hydrogen-bond acceptors (Lipinski definition) is 3. The molecule has 4 heteroatoms. The van der Waals surface area contributed by atoms with E-state index in [1.165, 1.54) is 65.7 Å². The molecule has 1 aromatic rings. The summed E-state index contributed by atoms with van der Waals surface area (Å²) in [6.45, 7) is 9.83. The first-order valence-corrected chi connectivity index (χ1v) is 17.6. The van der Waals surface area contributed by atoms with Gasteiger partial charge in [0, 0.05) is 0 Å². The molecule has 0 aliphatic rings. The van der Waals surface area contributed by atoms with E-state index in [1.807, 2.05) is 12.1 Å². The third kappa shape index (κ3) is 7.59. The molecular weight excluding hydrogens is 431 g/mol. The zero-order chi connectivity index (χ0) is 19.6. The van der Waals surface area contributed by atoms with Gasteiger partial charge >= 0.3 is 165 Å². The van der Waals surface area contributed by atoms with Crippen molar-refractivity contribution in [2.45, 2.75) is 92.1 Å². The summed E-state index contributed by atoms with van der Waals surface area (Å²) in [4.78, 5) is 12.2. The Morgan fingerprint density at radius 1 is 0.923 bits per heavy atom. The molecule has 1 N–H and O–H groups in total. The van der Waals surface area contributed by atoms with Gasteiger partial charge in [-0.05, 0) is 0 Å². The molecule has 0 aliphatic heterocycles. The average molecular weight is 469 g/mol. The predicted octanol–water partition coefficient (Wildman–Crippen LogP) is 6.36. The Labute approximate surface area is 165 Å². The van der Waals surface area contributed by atoms with Crippen molar-refractivity contribution in [3.63, 3.8) is 0 Å². The van der Waals surface area contributed by atoms with E-state index in [0.29, 0.717) is 5.56 Å². The Morgan fingerprint density at radius 3 is 1.69 bits per heavy atom. The van der Waals surface area contributed by atoms with Gasteiger partial charge in [-0.1, -0.05) is 0 Å². The fourth-order valence-corrected chi connectivity index (χ4v) is 16.7. The molecule has 0 atom stereocenters. The van der Waals surface area contributed by atoms with Gasteiger partial charge in [0.25, 0.3) is 0 Å². The fourth-order valence-electron chi connectivity index (χ4n) is 3.30. The van der Waals surface area contributed by atoms with Crippen LogP contribution in [-0.4, -0.2) is 35.3 Å². The standard InChI is InChI=1S/C10H12O3.3C4H9.Sn/c1-10(2,13)9(12)7-3-5-8(11)6-4-7;3*1-3-4-2;/h3-6,11,13H,1-2H3;3*1,3-4H2,2H3;/q;;;;+1/p-1. The third-order valence-electron chi connectivity index (χ3n) is 4.96. The number of hydrogen-bond donors (Lipinski definition) is 1. The molecule has 0 saturated carbocycles. The summed E-state index contributed by atoms with van der Waals surface area (Å²) in [6.07, 6.45) is 7.45. The van der Waals surface area contributed by atoms with Crippen LogP contribution in [0.3, 0.4) is 0 Å². The van der Waals surface area contributed by atoms with Crippen LogP contribution in [0.2, 0.25) is 13.3 Å². The van der Waals surface area contributed by atoms with E-state index in [9.17, 15) is 9.90 Å². The quantitative estimate of drug-likeness (QED) is 0.270. The van der Waals surface area contributed by atoms with E-state index in [0.717, 1.165) is 5.75 Å². The number of benzene rings is 1. The molecule has 3 nitrogen and oxygen atoms in total. The van der Waals surface area contributed by atoms with Crippen molar-refractivity contribution >= 4 is 24.6 Å². The molecule has 0 amide bonds. The zero-order valence-corrected chi connectivity index (χ0v) is 20.3. The number of aliphatic hydroxyl groups is 1. The molecule has 1 rings (SSSR count). The summed E-state index contributed by atoms with van der Waals surface area (Å²) < 4.78 is 10.6. The van der Waals surface area contributed by atoms with Crippen LogP contribution in [0.4, 0.5) is 0 Å².